The number of thiophene rings is 3. The lowest BCUT2D eigenvalue weighted by atomic mass is 10.2. The minimum absolute atomic E-state index is 0.886. The van der Waals surface area contributed by atoms with Gasteiger partial charge in [0.2, 0.25) is 0 Å². The van der Waals surface area contributed by atoms with Crippen LogP contribution in [-0.4, -0.2) is 29.9 Å². The molecule has 0 aliphatic heterocycles. The zero-order valence-electron chi connectivity index (χ0n) is 13.5. The number of aromatic nitrogens is 6. The van der Waals surface area contributed by atoms with E-state index in [0.29, 0.717) is 0 Å². The van der Waals surface area contributed by atoms with Crippen molar-refractivity contribution in [2.75, 3.05) is 0 Å². The second-order valence-corrected chi connectivity index (χ2v) is 8.50. The quantitative estimate of drug-likeness (QED) is 0.403. The van der Waals surface area contributed by atoms with E-state index in [4.69, 9.17) is 0 Å². The van der Waals surface area contributed by atoms with Gasteiger partial charge in [-0.25, -0.2) is 0 Å². The summed E-state index contributed by atoms with van der Waals surface area (Å²) in [7, 11) is 0. The van der Waals surface area contributed by atoms with E-state index in [9.17, 15) is 0 Å². The fraction of sp³-hybridized carbons (Fsp3) is 0. The van der Waals surface area contributed by atoms with Crippen LogP contribution in [0.15, 0.2) is 47.9 Å². The zero-order chi connectivity index (χ0) is 17.8. The van der Waals surface area contributed by atoms with Crippen LogP contribution in [0.25, 0.3) is 52.6 Å². The van der Waals surface area contributed by atoms with E-state index in [-0.39, 0.29) is 0 Å². The molecule has 9 heteroatoms. The van der Waals surface area contributed by atoms with Crippen LogP contribution in [0.2, 0.25) is 0 Å². The van der Waals surface area contributed by atoms with Gasteiger partial charge in [-0.15, -0.1) is 34.0 Å². The van der Waals surface area contributed by atoms with Crippen LogP contribution in [0.4, 0.5) is 0 Å². The third-order valence-corrected chi connectivity index (χ3v) is 7.62. The molecular formula is C18H8N6S3. The Bertz CT molecular complexity index is 1340. The summed E-state index contributed by atoms with van der Waals surface area (Å²) in [6.45, 7) is 0. The molecule has 6 rings (SSSR count). The van der Waals surface area contributed by atoms with Crippen LogP contribution in [0.1, 0.15) is 0 Å². The highest BCUT2D eigenvalue weighted by Gasteiger charge is 2.22. The molecule has 6 heterocycles. The largest absolute Gasteiger partial charge is 0.252 e. The molecule has 6 aromatic rings. The lowest BCUT2D eigenvalue weighted by Gasteiger charge is -1.95. The standard InChI is InChI=1S/C18H8N6S3/c1-3-21-11-9(19-1)7-25-15(11)17-13-14(24-6-5-23-13)18(27-17)16-12-10(8-26-16)20-2-4-22-12/h1-8H. The van der Waals surface area contributed by atoms with Crippen molar-refractivity contribution in [1.82, 2.24) is 29.9 Å². The highest BCUT2D eigenvalue weighted by atomic mass is 32.1. The first-order valence-electron chi connectivity index (χ1n) is 8.01. The zero-order valence-corrected chi connectivity index (χ0v) is 16.0. The van der Waals surface area contributed by atoms with Crippen molar-refractivity contribution >= 4 is 67.1 Å². The molecule has 128 valence electrons. The molecule has 0 N–H and O–H groups in total. The van der Waals surface area contributed by atoms with Gasteiger partial charge in [-0.2, -0.15) is 0 Å². The van der Waals surface area contributed by atoms with Gasteiger partial charge in [0.05, 0.1) is 19.5 Å². The number of hydrogen-bond donors (Lipinski definition) is 0. The molecule has 0 aliphatic carbocycles. The first-order valence-corrected chi connectivity index (χ1v) is 10.6. The Hall–Kier alpha value is -2.88. The Morgan fingerprint density at radius 1 is 0.444 bits per heavy atom. The van der Waals surface area contributed by atoms with E-state index in [1.54, 1.807) is 71.2 Å². The molecule has 0 unspecified atom stereocenters. The van der Waals surface area contributed by atoms with Crippen molar-refractivity contribution in [3.63, 3.8) is 0 Å². The van der Waals surface area contributed by atoms with E-state index >= 15 is 0 Å². The van der Waals surface area contributed by atoms with Crippen LogP contribution >= 0.6 is 34.0 Å². The molecule has 0 atom stereocenters. The average molecular weight is 405 g/mol. The van der Waals surface area contributed by atoms with Crippen molar-refractivity contribution in [3.05, 3.63) is 47.9 Å². The molecule has 0 saturated heterocycles. The molecule has 0 fully saturated rings. The maximum Gasteiger partial charge on any atom is 0.109 e. The second kappa shape index (κ2) is 5.81. The Morgan fingerprint density at radius 3 is 1.33 bits per heavy atom. The van der Waals surface area contributed by atoms with E-state index in [1.165, 1.54) is 0 Å². The normalized spacial score (nSPS) is 11.7. The van der Waals surface area contributed by atoms with Crippen LogP contribution in [0, 0.1) is 0 Å². The summed E-state index contributed by atoms with van der Waals surface area (Å²) in [5.41, 5.74) is 5.38. The Morgan fingerprint density at radius 2 is 0.852 bits per heavy atom. The van der Waals surface area contributed by atoms with Gasteiger partial charge in [-0.3, -0.25) is 29.9 Å². The van der Waals surface area contributed by atoms with E-state index in [1.807, 2.05) is 10.8 Å². The molecule has 0 aromatic carbocycles. The minimum atomic E-state index is 0.886. The van der Waals surface area contributed by atoms with Gasteiger partial charge < -0.3 is 0 Å². The van der Waals surface area contributed by atoms with E-state index in [2.05, 4.69) is 29.9 Å². The third-order valence-electron chi connectivity index (χ3n) is 4.21. The van der Waals surface area contributed by atoms with Gasteiger partial charge in [-0.1, -0.05) is 0 Å². The van der Waals surface area contributed by atoms with Gasteiger partial charge in [0, 0.05) is 47.9 Å². The first kappa shape index (κ1) is 15.2. The maximum atomic E-state index is 4.63. The molecule has 0 spiro atoms. The van der Waals surface area contributed by atoms with E-state index < -0.39 is 0 Å². The summed E-state index contributed by atoms with van der Waals surface area (Å²) in [5.74, 6) is 0. The van der Waals surface area contributed by atoms with Crippen LogP contribution in [-0.2, 0) is 0 Å². The van der Waals surface area contributed by atoms with Crippen molar-refractivity contribution < 1.29 is 0 Å². The van der Waals surface area contributed by atoms with Crippen LogP contribution < -0.4 is 0 Å². The monoisotopic (exact) mass is 404 g/mol. The number of hydrogen-bond acceptors (Lipinski definition) is 9. The second-order valence-electron chi connectivity index (χ2n) is 5.72. The molecule has 27 heavy (non-hydrogen) atoms. The van der Waals surface area contributed by atoms with Gasteiger partial charge in [-0.05, 0) is 0 Å². The number of nitrogens with zero attached hydrogens (tertiary/aromatic N) is 6. The fourth-order valence-electron chi connectivity index (χ4n) is 3.06. The number of rotatable bonds is 2. The smallest absolute Gasteiger partial charge is 0.109 e. The Kier molecular flexibility index (Phi) is 3.27. The molecule has 0 amide bonds. The molecular weight excluding hydrogens is 396 g/mol. The molecule has 0 bridgehead atoms. The van der Waals surface area contributed by atoms with Crippen molar-refractivity contribution in [1.29, 1.82) is 0 Å². The van der Waals surface area contributed by atoms with Gasteiger partial charge in [0.15, 0.2) is 0 Å². The highest BCUT2D eigenvalue weighted by molar-refractivity contribution is 7.28. The first-order chi connectivity index (χ1) is 13.4. The number of fused-ring (bicyclic) bond motifs is 3. The van der Waals surface area contributed by atoms with Gasteiger partial charge in [0.25, 0.3) is 0 Å². The minimum Gasteiger partial charge on any atom is -0.252 e. The van der Waals surface area contributed by atoms with Crippen molar-refractivity contribution in [2.45, 2.75) is 0 Å². The fourth-order valence-corrected chi connectivity index (χ4v) is 6.42. The predicted molar refractivity (Wildman–Crippen MR) is 110 cm³/mol. The summed E-state index contributed by atoms with van der Waals surface area (Å²) in [4.78, 5) is 31.4. The van der Waals surface area contributed by atoms with Crippen molar-refractivity contribution in [3.8, 4) is 19.5 Å². The summed E-state index contributed by atoms with van der Waals surface area (Å²) >= 11 is 4.95. The summed E-state index contributed by atoms with van der Waals surface area (Å²) < 4.78 is 0. The molecule has 6 nitrogen and oxygen atoms in total. The van der Waals surface area contributed by atoms with E-state index in [0.717, 1.165) is 52.6 Å². The topological polar surface area (TPSA) is 77.3 Å². The summed E-state index contributed by atoms with van der Waals surface area (Å²) in [6.07, 6.45) is 10.3. The lowest BCUT2D eigenvalue weighted by Crippen LogP contribution is -1.82. The van der Waals surface area contributed by atoms with Gasteiger partial charge >= 0.3 is 0 Å². The Labute approximate surface area is 164 Å². The van der Waals surface area contributed by atoms with Gasteiger partial charge in [0.1, 0.15) is 33.1 Å². The molecule has 0 aliphatic rings. The molecule has 0 saturated carbocycles. The average Bonchev–Trinajstić information content (AvgIpc) is 3.42. The van der Waals surface area contributed by atoms with Crippen molar-refractivity contribution in [2.24, 2.45) is 0 Å². The third kappa shape index (κ3) is 2.22. The maximum absolute atomic E-state index is 4.63. The summed E-state index contributed by atoms with van der Waals surface area (Å²) in [6, 6.07) is 0. The van der Waals surface area contributed by atoms with Crippen LogP contribution in [0.5, 0.6) is 0 Å². The lowest BCUT2D eigenvalue weighted by molar-refractivity contribution is 1.30. The SMILES string of the molecule is c1cnc2c(-c3sc(-c4scc5nccnc45)c4nccnc34)scc2n1. The summed E-state index contributed by atoms with van der Waals surface area (Å²) in [5, 5.41) is 4.07. The predicted octanol–water partition coefficient (Wildman–Crippen LogP) is 5.03. The van der Waals surface area contributed by atoms with Crippen LogP contribution in [0.3, 0.4) is 0 Å². The highest BCUT2D eigenvalue weighted by Crippen LogP contribution is 2.48. The molecule has 0 radical (unpaired) electrons. The Balaban J connectivity index is 1.69. The molecule has 6 aromatic heterocycles.